The molecule has 0 saturated heterocycles. The van der Waals surface area contributed by atoms with Gasteiger partial charge in [0.25, 0.3) is 5.91 Å². The second-order valence-electron chi connectivity index (χ2n) is 3.45. The first-order valence-corrected chi connectivity index (χ1v) is 5.89. The summed E-state index contributed by atoms with van der Waals surface area (Å²) in [6.45, 7) is 1.96. The minimum absolute atomic E-state index is 0.00222. The van der Waals surface area contributed by atoms with Gasteiger partial charge in [0.1, 0.15) is 0 Å². The van der Waals surface area contributed by atoms with Crippen LogP contribution in [0.1, 0.15) is 28.2 Å². The number of hydrogen-bond acceptors (Lipinski definition) is 3. The molecule has 0 saturated carbocycles. The molecule has 0 aliphatic rings. The zero-order valence-electron chi connectivity index (χ0n) is 8.88. The van der Waals surface area contributed by atoms with Gasteiger partial charge in [0, 0.05) is 12.4 Å². The van der Waals surface area contributed by atoms with E-state index >= 15 is 0 Å². The van der Waals surface area contributed by atoms with Gasteiger partial charge in [-0.05, 0) is 36.1 Å². The van der Waals surface area contributed by atoms with Gasteiger partial charge in [0.05, 0.1) is 10.9 Å². The van der Waals surface area contributed by atoms with Gasteiger partial charge in [-0.2, -0.15) is 0 Å². The Bertz CT molecular complexity index is 453. The van der Waals surface area contributed by atoms with Crippen molar-refractivity contribution in [2.75, 3.05) is 0 Å². The van der Waals surface area contributed by atoms with Crippen molar-refractivity contribution >= 4 is 17.2 Å². The van der Waals surface area contributed by atoms with Crippen LogP contribution in [0.4, 0.5) is 0 Å². The van der Waals surface area contributed by atoms with Crippen molar-refractivity contribution in [3.05, 3.63) is 52.5 Å². The van der Waals surface area contributed by atoms with Gasteiger partial charge in [-0.25, -0.2) is 0 Å². The van der Waals surface area contributed by atoms with E-state index < -0.39 is 0 Å². The molecule has 1 unspecified atom stereocenters. The summed E-state index contributed by atoms with van der Waals surface area (Å²) in [4.78, 5) is 16.5. The normalized spacial score (nSPS) is 12.1. The first-order valence-electron chi connectivity index (χ1n) is 5.01. The van der Waals surface area contributed by atoms with E-state index in [0.717, 1.165) is 10.4 Å². The van der Waals surface area contributed by atoms with E-state index in [2.05, 4.69) is 10.3 Å². The molecule has 2 aromatic heterocycles. The number of carbonyl (C=O) groups is 1. The Morgan fingerprint density at radius 3 is 2.75 bits per heavy atom. The molecule has 1 atom stereocenters. The summed E-state index contributed by atoms with van der Waals surface area (Å²) >= 11 is 1.44. The number of nitrogens with zero attached hydrogens (tertiary/aromatic N) is 1. The molecule has 0 spiro atoms. The van der Waals surface area contributed by atoms with E-state index in [1.165, 1.54) is 11.3 Å². The predicted octanol–water partition coefficient (Wildman–Crippen LogP) is 2.63. The first-order chi connectivity index (χ1) is 7.77. The third kappa shape index (κ3) is 2.46. The Kier molecular flexibility index (Phi) is 3.31. The average Bonchev–Trinajstić information content (AvgIpc) is 2.83. The molecule has 2 rings (SSSR count). The van der Waals surface area contributed by atoms with Crippen LogP contribution >= 0.6 is 11.3 Å². The lowest BCUT2D eigenvalue weighted by molar-refractivity contribution is 0.0944. The fourth-order valence-electron chi connectivity index (χ4n) is 1.41. The van der Waals surface area contributed by atoms with E-state index in [-0.39, 0.29) is 11.9 Å². The van der Waals surface area contributed by atoms with Crippen LogP contribution in [0.3, 0.4) is 0 Å². The van der Waals surface area contributed by atoms with E-state index in [4.69, 9.17) is 0 Å². The summed E-state index contributed by atoms with van der Waals surface area (Å²) < 4.78 is 0. The van der Waals surface area contributed by atoms with E-state index in [1.54, 1.807) is 12.4 Å². The number of nitrogens with one attached hydrogen (secondary N) is 1. The molecule has 0 radical (unpaired) electrons. The summed E-state index contributed by atoms with van der Waals surface area (Å²) in [5.41, 5.74) is 1.06. The Labute approximate surface area is 98.2 Å². The molecule has 0 aromatic carbocycles. The Morgan fingerprint density at radius 1 is 1.38 bits per heavy atom. The Morgan fingerprint density at radius 2 is 2.12 bits per heavy atom. The fraction of sp³-hybridized carbons (Fsp3) is 0.167. The van der Waals surface area contributed by atoms with E-state index in [0.29, 0.717) is 0 Å². The highest BCUT2D eigenvalue weighted by molar-refractivity contribution is 7.12. The largest absolute Gasteiger partial charge is 0.345 e. The molecule has 3 nitrogen and oxygen atoms in total. The average molecular weight is 232 g/mol. The summed E-state index contributed by atoms with van der Waals surface area (Å²) in [7, 11) is 0. The van der Waals surface area contributed by atoms with Gasteiger partial charge in [-0.3, -0.25) is 9.78 Å². The number of rotatable bonds is 3. The summed E-state index contributed by atoms with van der Waals surface area (Å²) in [5, 5.41) is 4.84. The number of amides is 1. The SMILES string of the molecule is CC(NC(=O)c1cccs1)c1ccncc1. The molecule has 1 amide bonds. The van der Waals surface area contributed by atoms with Gasteiger partial charge in [-0.1, -0.05) is 6.07 Å². The standard InChI is InChI=1S/C12H12N2OS/c1-9(10-4-6-13-7-5-10)14-12(15)11-3-2-8-16-11/h2-9H,1H3,(H,14,15). The maximum atomic E-state index is 11.8. The number of aromatic nitrogens is 1. The Hall–Kier alpha value is -1.68. The molecular formula is C12H12N2OS. The maximum absolute atomic E-state index is 11.8. The van der Waals surface area contributed by atoms with Crippen LogP contribution in [0.5, 0.6) is 0 Å². The second kappa shape index (κ2) is 4.90. The van der Waals surface area contributed by atoms with E-state index in [9.17, 15) is 4.79 Å². The van der Waals surface area contributed by atoms with Crippen LogP contribution in [-0.4, -0.2) is 10.9 Å². The predicted molar refractivity (Wildman–Crippen MR) is 64.4 cm³/mol. The molecule has 82 valence electrons. The molecule has 0 aliphatic heterocycles. The highest BCUT2D eigenvalue weighted by Gasteiger charge is 2.11. The van der Waals surface area contributed by atoms with Crippen molar-refractivity contribution in [1.82, 2.24) is 10.3 Å². The summed E-state index contributed by atoms with van der Waals surface area (Å²) in [6.07, 6.45) is 3.45. The van der Waals surface area contributed by atoms with Crippen molar-refractivity contribution in [1.29, 1.82) is 0 Å². The lowest BCUT2D eigenvalue weighted by Gasteiger charge is -2.13. The molecule has 2 heterocycles. The number of pyridine rings is 1. The van der Waals surface area contributed by atoms with Crippen molar-refractivity contribution < 1.29 is 4.79 Å². The smallest absolute Gasteiger partial charge is 0.261 e. The van der Waals surface area contributed by atoms with Crippen molar-refractivity contribution in [3.63, 3.8) is 0 Å². The van der Waals surface area contributed by atoms with Crippen LogP contribution in [0.25, 0.3) is 0 Å². The molecule has 0 aliphatic carbocycles. The van der Waals surface area contributed by atoms with Crippen molar-refractivity contribution in [2.24, 2.45) is 0 Å². The fourth-order valence-corrected chi connectivity index (χ4v) is 2.04. The lowest BCUT2D eigenvalue weighted by atomic mass is 10.1. The number of hydrogen-bond donors (Lipinski definition) is 1. The quantitative estimate of drug-likeness (QED) is 0.884. The zero-order valence-corrected chi connectivity index (χ0v) is 9.70. The van der Waals surface area contributed by atoms with Crippen molar-refractivity contribution in [2.45, 2.75) is 13.0 Å². The van der Waals surface area contributed by atoms with Gasteiger partial charge >= 0.3 is 0 Å². The minimum Gasteiger partial charge on any atom is -0.345 e. The molecule has 0 fully saturated rings. The maximum Gasteiger partial charge on any atom is 0.261 e. The van der Waals surface area contributed by atoms with Crippen molar-refractivity contribution in [3.8, 4) is 0 Å². The highest BCUT2D eigenvalue weighted by Crippen LogP contribution is 2.13. The number of thiophene rings is 1. The number of carbonyl (C=O) groups excluding carboxylic acids is 1. The zero-order chi connectivity index (χ0) is 11.4. The molecule has 2 aromatic rings. The van der Waals surface area contributed by atoms with Gasteiger partial charge in [0.2, 0.25) is 0 Å². The van der Waals surface area contributed by atoms with Crippen LogP contribution < -0.4 is 5.32 Å². The lowest BCUT2D eigenvalue weighted by Crippen LogP contribution is -2.25. The molecule has 4 heteroatoms. The molecule has 0 bridgehead atoms. The van der Waals surface area contributed by atoms with Crippen LogP contribution in [-0.2, 0) is 0 Å². The van der Waals surface area contributed by atoms with Crippen LogP contribution in [0.15, 0.2) is 42.0 Å². The second-order valence-corrected chi connectivity index (χ2v) is 4.40. The Balaban J connectivity index is 2.03. The van der Waals surface area contributed by atoms with Gasteiger partial charge < -0.3 is 5.32 Å². The van der Waals surface area contributed by atoms with E-state index in [1.807, 2.05) is 36.6 Å². The summed E-state index contributed by atoms with van der Waals surface area (Å²) in [6, 6.07) is 7.49. The summed E-state index contributed by atoms with van der Waals surface area (Å²) in [5.74, 6) is -0.0284. The highest BCUT2D eigenvalue weighted by atomic mass is 32.1. The third-order valence-electron chi connectivity index (χ3n) is 2.30. The minimum atomic E-state index is -0.0284. The topological polar surface area (TPSA) is 42.0 Å². The molecule has 1 N–H and O–H groups in total. The van der Waals surface area contributed by atoms with Crippen LogP contribution in [0, 0.1) is 0 Å². The molecule has 16 heavy (non-hydrogen) atoms. The monoisotopic (exact) mass is 232 g/mol. The third-order valence-corrected chi connectivity index (χ3v) is 3.17. The first kappa shape index (κ1) is 10.8. The molecular weight excluding hydrogens is 220 g/mol. The van der Waals surface area contributed by atoms with Crippen LogP contribution in [0.2, 0.25) is 0 Å². The van der Waals surface area contributed by atoms with Gasteiger partial charge in [0.15, 0.2) is 0 Å². The van der Waals surface area contributed by atoms with Gasteiger partial charge in [-0.15, -0.1) is 11.3 Å².